The van der Waals surface area contributed by atoms with Gasteiger partial charge in [0, 0.05) is 16.6 Å². The van der Waals surface area contributed by atoms with Gasteiger partial charge in [-0.05, 0) is 34.1 Å². The minimum absolute atomic E-state index is 0.114. The number of primary amides is 1. The maximum Gasteiger partial charge on any atom is 0.218 e. The third kappa shape index (κ3) is 3.21. The van der Waals surface area contributed by atoms with Gasteiger partial charge >= 0.3 is 0 Å². The van der Waals surface area contributed by atoms with Gasteiger partial charge in [-0.2, -0.15) is 0 Å². The fourth-order valence-electron chi connectivity index (χ4n) is 1.11. The average molecular weight is 307 g/mol. The number of carbonyl (C=O) groups excluding carboxylic acids is 1. The highest BCUT2D eigenvalue weighted by molar-refractivity contribution is 9.10. The van der Waals surface area contributed by atoms with E-state index in [0.29, 0.717) is 10.2 Å². The van der Waals surface area contributed by atoms with Crippen LogP contribution in [0.1, 0.15) is 6.42 Å². The number of carbonyl (C=O) groups is 1. The molecule has 0 fully saturated rings. The van der Waals surface area contributed by atoms with Crippen molar-refractivity contribution in [1.82, 2.24) is 0 Å². The number of anilines is 1. The molecule has 0 unspecified atom stereocenters. The number of amides is 1. The maximum absolute atomic E-state index is 11.8. The first kappa shape index (κ1) is 13.0. The second-order valence-corrected chi connectivity index (χ2v) is 6.16. The molecule has 0 spiro atoms. The molecule has 0 saturated heterocycles. The Morgan fingerprint density at radius 3 is 2.50 bits per heavy atom. The molecule has 88 valence electrons. The largest absolute Gasteiger partial charge is 0.399 e. The Hall–Kier alpha value is -1.08. The molecule has 1 rings (SSSR count). The van der Waals surface area contributed by atoms with Gasteiger partial charge in [0.25, 0.3) is 0 Å². The maximum atomic E-state index is 11.8. The summed E-state index contributed by atoms with van der Waals surface area (Å²) in [6, 6.07) is 4.38. The molecule has 0 radical (unpaired) electrons. The molecular weight excluding hydrogens is 296 g/mol. The molecule has 5 nitrogen and oxygen atoms in total. The molecule has 1 amide bonds. The summed E-state index contributed by atoms with van der Waals surface area (Å²) < 4.78 is 24.0. The highest BCUT2D eigenvalue weighted by Gasteiger charge is 2.18. The summed E-state index contributed by atoms with van der Waals surface area (Å²) >= 11 is 3.11. The van der Waals surface area contributed by atoms with Gasteiger partial charge in [-0.1, -0.05) is 0 Å². The summed E-state index contributed by atoms with van der Waals surface area (Å²) in [6.45, 7) is 0. The number of halogens is 1. The Morgan fingerprint density at radius 2 is 2.00 bits per heavy atom. The first-order valence-corrected chi connectivity index (χ1v) is 6.83. The van der Waals surface area contributed by atoms with E-state index in [4.69, 9.17) is 11.5 Å². The number of nitrogen functional groups attached to an aromatic ring is 1. The van der Waals surface area contributed by atoms with Crippen molar-refractivity contribution in [3.8, 4) is 0 Å². The third-order valence-electron chi connectivity index (χ3n) is 1.91. The summed E-state index contributed by atoms with van der Waals surface area (Å²) in [5.74, 6) is -0.944. The van der Waals surface area contributed by atoms with E-state index in [2.05, 4.69) is 15.9 Å². The summed E-state index contributed by atoms with van der Waals surface area (Å²) in [4.78, 5) is 10.7. The average Bonchev–Trinajstić information content (AvgIpc) is 2.14. The zero-order valence-electron chi connectivity index (χ0n) is 8.31. The van der Waals surface area contributed by atoms with Crippen LogP contribution in [0.15, 0.2) is 27.6 Å². The van der Waals surface area contributed by atoms with Gasteiger partial charge in [0.15, 0.2) is 9.84 Å². The van der Waals surface area contributed by atoms with Crippen molar-refractivity contribution in [3.05, 3.63) is 22.7 Å². The van der Waals surface area contributed by atoms with Crippen molar-refractivity contribution in [3.63, 3.8) is 0 Å². The van der Waals surface area contributed by atoms with Crippen LogP contribution >= 0.6 is 15.9 Å². The van der Waals surface area contributed by atoms with Crippen molar-refractivity contribution >= 4 is 37.4 Å². The van der Waals surface area contributed by atoms with Crippen molar-refractivity contribution in [2.45, 2.75) is 11.3 Å². The van der Waals surface area contributed by atoms with E-state index in [1.807, 2.05) is 0 Å². The van der Waals surface area contributed by atoms with Crippen molar-refractivity contribution in [2.24, 2.45) is 5.73 Å². The number of hydrogen-bond donors (Lipinski definition) is 2. The van der Waals surface area contributed by atoms with Crippen LogP contribution in [-0.2, 0) is 14.6 Å². The molecular formula is C9H11BrN2O3S. The third-order valence-corrected chi connectivity index (χ3v) is 4.59. The van der Waals surface area contributed by atoms with E-state index < -0.39 is 15.7 Å². The molecule has 7 heteroatoms. The Balaban J connectivity index is 3.03. The van der Waals surface area contributed by atoms with Crippen LogP contribution in [0.5, 0.6) is 0 Å². The Kier molecular flexibility index (Phi) is 3.93. The molecule has 16 heavy (non-hydrogen) atoms. The van der Waals surface area contributed by atoms with Gasteiger partial charge in [-0.15, -0.1) is 0 Å². The molecule has 1 aromatic carbocycles. The molecule has 0 aliphatic heterocycles. The number of sulfone groups is 1. The lowest BCUT2D eigenvalue weighted by molar-refractivity contribution is -0.117. The lowest BCUT2D eigenvalue weighted by Gasteiger charge is -2.06. The molecule has 0 bridgehead atoms. The second kappa shape index (κ2) is 4.84. The topological polar surface area (TPSA) is 103 Å². The quantitative estimate of drug-likeness (QED) is 0.798. The zero-order chi connectivity index (χ0) is 12.3. The number of nitrogens with two attached hydrogens (primary N) is 2. The van der Waals surface area contributed by atoms with Crippen LogP contribution in [0.25, 0.3) is 0 Å². The van der Waals surface area contributed by atoms with Crippen LogP contribution in [0, 0.1) is 0 Å². The zero-order valence-corrected chi connectivity index (χ0v) is 10.7. The van der Waals surface area contributed by atoms with E-state index in [1.54, 1.807) is 0 Å². The van der Waals surface area contributed by atoms with Crippen LogP contribution in [0.4, 0.5) is 5.69 Å². The molecule has 4 N–H and O–H groups in total. The minimum Gasteiger partial charge on any atom is -0.399 e. The standard InChI is InChI=1S/C9H11BrN2O3S/c10-7-5-6(11)1-2-8(7)16(14,15)4-3-9(12)13/h1-2,5H,3-4,11H2,(H2,12,13). The number of rotatable bonds is 4. The molecule has 1 aromatic rings. The lowest BCUT2D eigenvalue weighted by Crippen LogP contribution is -2.17. The first-order chi connectivity index (χ1) is 7.33. The molecule has 0 saturated carbocycles. The number of benzene rings is 1. The Bertz CT molecular complexity index is 513. The van der Waals surface area contributed by atoms with E-state index >= 15 is 0 Å². The molecule has 0 heterocycles. The van der Waals surface area contributed by atoms with Gasteiger partial charge in [0.2, 0.25) is 5.91 Å². The van der Waals surface area contributed by atoms with Crippen molar-refractivity contribution < 1.29 is 13.2 Å². The van der Waals surface area contributed by atoms with Crippen molar-refractivity contribution in [1.29, 1.82) is 0 Å². The highest BCUT2D eigenvalue weighted by atomic mass is 79.9. The van der Waals surface area contributed by atoms with Crippen LogP contribution in [-0.4, -0.2) is 20.1 Å². The smallest absolute Gasteiger partial charge is 0.218 e. The van der Waals surface area contributed by atoms with E-state index in [0.717, 1.165) is 0 Å². The normalized spacial score (nSPS) is 11.3. The molecule has 0 aliphatic rings. The van der Waals surface area contributed by atoms with Gasteiger partial charge in [0.05, 0.1) is 10.6 Å². The van der Waals surface area contributed by atoms with E-state index in [1.165, 1.54) is 18.2 Å². The van der Waals surface area contributed by atoms with E-state index in [-0.39, 0.29) is 17.1 Å². The molecule has 0 aliphatic carbocycles. The van der Waals surface area contributed by atoms with Crippen LogP contribution < -0.4 is 11.5 Å². The van der Waals surface area contributed by atoms with Crippen LogP contribution in [0.2, 0.25) is 0 Å². The fourth-order valence-corrected chi connectivity index (χ4v) is 3.57. The SMILES string of the molecule is NC(=O)CCS(=O)(=O)c1ccc(N)cc1Br. The lowest BCUT2D eigenvalue weighted by atomic mass is 10.3. The second-order valence-electron chi connectivity index (χ2n) is 3.23. The van der Waals surface area contributed by atoms with Gasteiger partial charge in [-0.25, -0.2) is 8.42 Å². The fraction of sp³-hybridized carbons (Fsp3) is 0.222. The van der Waals surface area contributed by atoms with Gasteiger partial charge < -0.3 is 11.5 Å². The van der Waals surface area contributed by atoms with Crippen LogP contribution in [0.3, 0.4) is 0 Å². The Labute approximate surface area is 102 Å². The van der Waals surface area contributed by atoms with Crippen molar-refractivity contribution in [2.75, 3.05) is 11.5 Å². The van der Waals surface area contributed by atoms with E-state index in [9.17, 15) is 13.2 Å². The van der Waals surface area contributed by atoms with Gasteiger partial charge in [0.1, 0.15) is 0 Å². The summed E-state index contributed by atoms with van der Waals surface area (Å²) in [7, 11) is -3.51. The predicted molar refractivity (Wildman–Crippen MR) is 64.4 cm³/mol. The van der Waals surface area contributed by atoms with Gasteiger partial charge in [-0.3, -0.25) is 4.79 Å². The first-order valence-electron chi connectivity index (χ1n) is 4.39. The Morgan fingerprint density at radius 1 is 1.38 bits per heavy atom. The molecule has 0 atom stereocenters. The highest BCUT2D eigenvalue weighted by Crippen LogP contribution is 2.25. The monoisotopic (exact) mass is 306 g/mol. The number of hydrogen-bond acceptors (Lipinski definition) is 4. The summed E-state index contributed by atoms with van der Waals surface area (Å²) in [6.07, 6.45) is -0.195. The minimum atomic E-state index is -3.51. The predicted octanol–water partition coefficient (Wildman–Crippen LogP) is 0.680. The summed E-state index contributed by atoms with van der Waals surface area (Å²) in [5.41, 5.74) is 10.9. The summed E-state index contributed by atoms with van der Waals surface area (Å²) in [5, 5.41) is 0. The molecule has 0 aromatic heterocycles.